The fraction of sp³-hybridized carbons (Fsp3) is 0.417. The summed E-state index contributed by atoms with van der Waals surface area (Å²) in [5, 5.41) is 8.76. The number of carbonyl (C=O) groups excluding carboxylic acids is 1. The van der Waals surface area contributed by atoms with E-state index in [2.05, 4.69) is 6.92 Å². The van der Waals surface area contributed by atoms with Gasteiger partial charge in [0.1, 0.15) is 17.6 Å². The third-order valence-corrected chi connectivity index (χ3v) is 5.44. The molecule has 5 heteroatoms. The van der Waals surface area contributed by atoms with E-state index in [0.29, 0.717) is 17.4 Å². The molecule has 0 radical (unpaired) electrons. The normalized spacial score (nSPS) is 18.8. The maximum absolute atomic E-state index is 13.7. The first-order valence-corrected chi connectivity index (χ1v) is 10.2. The molecule has 4 nitrogen and oxygen atoms in total. The summed E-state index contributed by atoms with van der Waals surface area (Å²) in [7, 11) is 0. The van der Waals surface area contributed by atoms with Gasteiger partial charge in [-0.3, -0.25) is 0 Å². The minimum absolute atomic E-state index is 0.0826. The van der Waals surface area contributed by atoms with Crippen LogP contribution < -0.4 is 4.74 Å². The van der Waals surface area contributed by atoms with E-state index in [0.717, 1.165) is 38.5 Å². The Kier molecular flexibility index (Phi) is 7.37. The number of esters is 1. The van der Waals surface area contributed by atoms with Crippen LogP contribution in [0.2, 0.25) is 0 Å². The molecular formula is C24H26FNO3. The van der Waals surface area contributed by atoms with Gasteiger partial charge in [0.15, 0.2) is 0 Å². The third-order valence-electron chi connectivity index (χ3n) is 5.44. The lowest BCUT2D eigenvalue weighted by molar-refractivity contribution is 0.0734. The fourth-order valence-electron chi connectivity index (χ4n) is 3.76. The molecule has 0 aromatic heterocycles. The van der Waals surface area contributed by atoms with Crippen molar-refractivity contribution in [1.29, 1.82) is 5.26 Å². The van der Waals surface area contributed by atoms with E-state index >= 15 is 0 Å². The Balaban J connectivity index is 1.54. The average molecular weight is 395 g/mol. The van der Waals surface area contributed by atoms with Crippen LogP contribution in [0.3, 0.4) is 0 Å². The Morgan fingerprint density at radius 1 is 1.14 bits per heavy atom. The quantitative estimate of drug-likeness (QED) is 0.347. The lowest BCUT2D eigenvalue weighted by Gasteiger charge is -2.28. The van der Waals surface area contributed by atoms with Gasteiger partial charge in [0.05, 0.1) is 11.1 Å². The molecule has 0 heterocycles. The lowest BCUT2D eigenvalue weighted by atomic mass is 9.79. The standard InChI is InChI=1S/C24H26FNO3/c1-2-13-28-16-17-3-5-18(6-4-17)19-7-9-20(10-8-19)24(27)29-22-12-11-21(15-26)23(25)14-22/h7-12,14,17-18H,2-6,13,16H2,1H3/t17-,18-. The molecule has 3 rings (SSSR count). The summed E-state index contributed by atoms with van der Waals surface area (Å²) >= 11 is 0. The Hall–Kier alpha value is -2.71. The minimum atomic E-state index is -0.705. The fourth-order valence-corrected chi connectivity index (χ4v) is 3.76. The van der Waals surface area contributed by atoms with Crippen molar-refractivity contribution in [3.05, 3.63) is 65.0 Å². The highest BCUT2D eigenvalue weighted by Gasteiger charge is 2.22. The lowest BCUT2D eigenvalue weighted by Crippen LogP contribution is -2.18. The Bertz CT molecular complexity index is 865. The van der Waals surface area contributed by atoms with Crippen molar-refractivity contribution in [2.24, 2.45) is 5.92 Å². The summed E-state index contributed by atoms with van der Waals surface area (Å²) in [5.74, 6) is -0.00420. The monoisotopic (exact) mass is 395 g/mol. The molecule has 0 spiro atoms. The highest BCUT2D eigenvalue weighted by atomic mass is 19.1. The highest BCUT2D eigenvalue weighted by molar-refractivity contribution is 5.91. The highest BCUT2D eigenvalue weighted by Crippen LogP contribution is 2.36. The van der Waals surface area contributed by atoms with Gasteiger partial charge < -0.3 is 9.47 Å². The second-order valence-electron chi connectivity index (χ2n) is 7.56. The van der Waals surface area contributed by atoms with Crippen molar-refractivity contribution in [2.75, 3.05) is 13.2 Å². The molecule has 0 amide bonds. The van der Waals surface area contributed by atoms with Crippen molar-refractivity contribution >= 4 is 5.97 Å². The smallest absolute Gasteiger partial charge is 0.343 e. The molecule has 1 aliphatic carbocycles. The van der Waals surface area contributed by atoms with Gasteiger partial charge in [-0.15, -0.1) is 0 Å². The summed E-state index contributed by atoms with van der Waals surface area (Å²) < 4.78 is 24.6. The number of nitrogens with zero attached hydrogens (tertiary/aromatic N) is 1. The summed E-state index contributed by atoms with van der Waals surface area (Å²) in [6.45, 7) is 3.83. The van der Waals surface area contributed by atoms with Crippen LogP contribution in [0.1, 0.15) is 66.4 Å². The summed E-state index contributed by atoms with van der Waals surface area (Å²) in [4.78, 5) is 12.3. The second kappa shape index (κ2) is 10.2. The topological polar surface area (TPSA) is 59.3 Å². The molecule has 0 atom stereocenters. The van der Waals surface area contributed by atoms with Gasteiger partial charge in [-0.05, 0) is 73.8 Å². The van der Waals surface area contributed by atoms with Crippen LogP contribution >= 0.6 is 0 Å². The molecule has 2 aromatic carbocycles. The van der Waals surface area contributed by atoms with Crippen molar-refractivity contribution in [3.63, 3.8) is 0 Å². The SMILES string of the molecule is CCCOC[C@H]1CC[C@H](c2ccc(C(=O)Oc3ccc(C#N)c(F)c3)cc2)CC1. The second-order valence-corrected chi connectivity index (χ2v) is 7.56. The first-order chi connectivity index (χ1) is 14.1. The molecule has 29 heavy (non-hydrogen) atoms. The minimum Gasteiger partial charge on any atom is -0.423 e. The number of hydrogen-bond acceptors (Lipinski definition) is 4. The van der Waals surface area contributed by atoms with E-state index in [1.807, 2.05) is 12.1 Å². The summed E-state index contributed by atoms with van der Waals surface area (Å²) in [6.07, 6.45) is 5.66. The van der Waals surface area contributed by atoms with Crippen LogP contribution in [0.5, 0.6) is 5.75 Å². The van der Waals surface area contributed by atoms with Crippen LogP contribution in [-0.4, -0.2) is 19.2 Å². The number of ether oxygens (including phenoxy) is 2. The van der Waals surface area contributed by atoms with Gasteiger partial charge in [0, 0.05) is 19.3 Å². The Morgan fingerprint density at radius 3 is 2.48 bits per heavy atom. The molecule has 0 aliphatic heterocycles. The van der Waals surface area contributed by atoms with Gasteiger partial charge in [-0.2, -0.15) is 5.26 Å². The molecule has 0 unspecified atom stereocenters. The van der Waals surface area contributed by atoms with Gasteiger partial charge in [0.25, 0.3) is 0 Å². The molecule has 0 bridgehead atoms. The first kappa shape index (κ1) is 21.0. The number of benzene rings is 2. The van der Waals surface area contributed by atoms with Crippen LogP contribution in [0.15, 0.2) is 42.5 Å². The molecule has 1 saturated carbocycles. The Morgan fingerprint density at radius 2 is 1.86 bits per heavy atom. The third kappa shape index (κ3) is 5.65. The molecule has 1 fully saturated rings. The van der Waals surface area contributed by atoms with E-state index in [-0.39, 0.29) is 11.3 Å². The predicted molar refractivity (Wildman–Crippen MR) is 108 cm³/mol. The molecule has 1 aliphatic rings. The van der Waals surface area contributed by atoms with E-state index < -0.39 is 11.8 Å². The number of carbonyl (C=O) groups is 1. The van der Waals surface area contributed by atoms with Gasteiger partial charge in [0.2, 0.25) is 0 Å². The van der Waals surface area contributed by atoms with Gasteiger partial charge >= 0.3 is 5.97 Å². The Labute approximate surface area is 171 Å². The number of nitriles is 1. The summed E-state index contributed by atoms with van der Waals surface area (Å²) in [6, 6.07) is 13.0. The van der Waals surface area contributed by atoms with Crippen LogP contribution in [-0.2, 0) is 4.74 Å². The molecule has 152 valence electrons. The molecule has 0 N–H and O–H groups in total. The van der Waals surface area contributed by atoms with E-state index in [9.17, 15) is 9.18 Å². The zero-order valence-electron chi connectivity index (χ0n) is 16.7. The first-order valence-electron chi connectivity index (χ1n) is 10.2. The maximum Gasteiger partial charge on any atom is 0.343 e. The maximum atomic E-state index is 13.7. The molecular weight excluding hydrogens is 369 g/mol. The molecule has 2 aromatic rings. The predicted octanol–water partition coefficient (Wildman–Crippen LogP) is 5.62. The zero-order valence-corrected chi connectivity index (χ0v) is 16.7. The van der Waals surface area contributed by atoms with Crippen molar-refractivity contribution in [2.45, 2.75) is 44.9 Å². The van der Waals surface area contributed by atoms with Gasteiger partial charge in [-0.1, -0.05) is 19.1 Å². The van der Waals surface area contributed by atoms with E-state index in [1.165, 1.54) is 30.5 Å². The van der Waals surface area contributed by atoms with E-state index in [1.54, 1.807) is 18.2 Å². The van der Waals surface area contributed by atoms with Crippen LogP contribution in [0, 0.1) is 23.1 Å². The number of halogens is 1. The number of hydrogen-bond donors (Lipinski definition) is 0. The van der Waals surface area contributed by atoms with Crippen LogP contribution in [0.4, 0.5) is 4.39 Å². The largest absolute Gasteiger partial charge is 0.423 e. The molecule has 0 saturated heterocycles. The average Bonchev–Trinajstić information content (AvgIpc) is 2.75. The van der Waals surface area contributed by atoms with E-state index in [4.69, 9.17) is 14.7 Å². The van der Waals surface area contributed by atoms with Crippen molar-refractivity contribution < 1.29 is 18.7 Å². The summed E-state index contributed by atoms with van der Waals surface area (Å²) in [5.41, 5.74) is 1.57. The van der Waals surface area contributed by atoms with Crippen molar-refractivity contribution in [3.8, 4) is 11.8 Å². The van der Waals surface area contributed by atoms with Crippen molar-refractivity contribution in [1.82, 2.24) is 0 Å². The number of rotatable bonds is 7. The van der Waals surface area contributed by atoms with Crippen LogP contribution in [0.25, 0.3) is 0 Å². The zero-order chi connectivity index (χ0) is 20.6. The van der Waals surface area contributed by atoms with Gasteiger partial charge in [-0.25, -0.2) is 9.18 Å².